The van der Waals surface area contributed by atoms with Gasteiger partial charge < -0.3 is 10.0 Å². The highest BCUT2D eigenvalue weighted by molar-refractivity contribution is 7.98. The Labute approximate surface area is 129 Å². The smallest absolute Gasteiger partial charge is 0.263 e. The van der Waals surface area contributed by atoms with Gasteiger partial charge in [-0.3, -0.25) is 4.79 Å². The van der Waals surface area contributed by atoms with Gasteiger partial charge >= 0.3 is 0 Å². The third-order valence-electron chi connectivity index (χ3n) is 2.96. The molecule has 0 aliphatic heterocycles. The fourth-order valence-corrected chi connectivity index (χ4v) is 3.47. The van der Waals surface area contributed by atoms with Crippen LogP contribution in [0, 0.1) is 11.8 Å². The first kappa shape index (κ1) is 17.1. The number of hydrogen-bond donors (Lipinski definition) is 1. The van der Waals surface area contributed by atoms with Gasteiger partial charge in [0.25, 0.3) is 5.91 Å². The fourth-order valence-electron chi connectivity index (χ4n) is 1.76. The highest BCUT2D eigenvalue weighted by Gasteiger charge is 2.20. The minimum atomic E-state index is 0.0612. The molecule has 0 aliphatic carbocycles. The number of hydrogen-bond acceptors (Lipinski definition) is 4. The highest BCUT2D eigenvalue weighted by atomic mass is 32.2. The van der Waals surface area contributed by atoms with E-state index in [0.29, 0.717) is 6.42 Å². The number of aliphatic hydroxyl groups is 1. The average Bonchev–Trinajstić information content (AvgIpc) is 2.92. The van der Waals surface area contributed by atoms with E-state index in [1.165, 1.54) is 11.3 Å². The third-order valence-corrected chi connectivity index (χ3v) is 4.67. The van der Waals surface area contributed by atoms with Gasteiger partial charge in [0.15, 0.2) is 0 Å². The number of thioether (sulfide) groups is 1. The third kappa shape index (κ3) is 4.86. The van der Waals surface area contributed by atoms with Crippen molar-refractivity contribution < 1.29 is 9.90 Å². The SMILES string of the molecule is CCC(CSC)N(C)C(=O)c1ccc(C#CCCO)s1. The Hall–Kier alpha value is -0.960. The molecule has 3 nitrogen and oxygen atoms in total. The van der Waals surface area contributed by atoms with Gasteiger partial charge in [0.1, 0.15) is 0 Å². The van der Waals surface area contributed by atoms with Crippen LogP contribution in [0.3, 0.4) is 0 Å². The van der Waals surface area contributed by atoms with Crippen molar-refractivity contribution in [1.29, 1.82) is 0 Å². The van der Waals surface area contributed by atoms with Crippen molar-refractivity contribution in [2.45, 2.75) is 25.8 Å². The van der Waals surface area contributed by atoms with Crippen LogP contribution >= 0.6 is 23.1 Å². The Bertz CT molecular complexity index is 488. The maximum Gasteiger partial charge on any atom is 0.263 e. The number of carbonyl (C=O) groups is 1. The number of nitrogens with zero attached hydrogens (tertiary/aromatic N) is 1. The molecule has 0 bridgehead atoms. The number of aliphatic hydroxyl groups excluding tert-OH is 1. The number of rotatable bonds is 6. The molecule has 0 aromatic carbocycles. The lowest BCUT2D eigenvalue weighted by molar-refractivity contribution is 0.0748. The van der Waals surface area contributed by atoms with Crippen molar-refractivity contribution in [3.8, 4) is 11.8 Å². The zero-order chi connectivity index (χ0) is 15.0. The van der Waals surface area contributed by atoms with Crippen molar-refractivity contribution in [2.24, 2.45) is 0 Å². The zero-order valence-electron chi connectivity index (χ0n) is 12.2. The Morgan fingerprint density at radius 3 is 2.90 bits per heavy atom. The molecule has 1 unspecified atom stereocenters. The lowest BCUT2D eigenvalue weighted by Gasteiger charge is -2.26. The minimum Gasteiger partial charge on any atom is -0.395 e. The molecule has 0 saturated carbocycles. The van der Waals surface area contributed by atoms with Crippen LogP contribution in [0.25, 0.3) is 0 Å². The second-order valence-corrected chi connectivity index (χ2v) is 6.37. The van der Waals surface area contributed by atoms with Crippen molar-refractivity contribution in [2.75, 3.05) is 25.7 Å². The first-order valence-electron chi connectivity index (χ1n) is 6.59. The molecular weight excluding hydrogens is 290 g/mol. The van der Waals surface area contributed by atoms with Gasteiger partial charge in [-0.05, 0) is 24.8 Å². The second kappa shape index (κ2) is 9.06. The molecule has 1 aromatic heterocycles. The van der Waals surface area contributed by atoms with Gasteiger partial charge in [0.2, 0.25) is 0 Å². The van der Waals surface area contributed by atoms with Gasteiger partial charge in [-0.25, -0.2) is 0 Å². The lowest BCUT2D eigenvalue weighted by atomic mass is 10.2. The quantitative estimate of drug-likeness (QED) is 0.821. The number of carbonyl (C=O) groups excluding carboxylic acids is 1. The van der Waals surface area contributed by atoms with Crippen LogP contribution in [0.4, 0.5) is 0 Å². The van der Waals surface area contributed by atoms with E-state index in [1.807, 2.05) is 24.1 Å². The van der Waals surface area contributed by atoms with E-state index in [0.717, 1.165) is 21.9 Å². The fraction of sp³-hybridized carbons (Fsp3) is 0.533. The summed E-state index contributed by atoms with van der Waals surface area (Å²) in [6.07, 6.45) is 3.48. The molecule has 1 heterocycles. The van der Waals surface area contributed by atoms with Gasteiger partial charge in [0, 0.05) is 25.3 Å². The first-order valence-corrected chi connectivity index (χ1v) is 8.80. The molecule has 1 amide bonds. The molecular formula is C15H21NO2S2. The molecule has 1 aromatic rings. The maximum absolute atomic E-state index is 12.4. The van der Waals surface area contributed by atoms with E-state index in [1.54, 1.807) is 11.8 Å². The monoisotopic (exact) mass is 311 g/mol. The predicted molar refractivity (Wildman–Crippen MR) is 87.5 cm³/mol. The second-order valence-electron chi connectivity index (χ2n) is 4.37. The topological polar surface area (TPSA) is 40.5 Å². The van der Waals surface area contributed by atoms with Crippen LogP contribution in [0.2, 0.25) is 0 Å². The summed E-state index contributed by atoms with van der Waals surface area (Å²) in [5, 5.41) is 8.69. The van der Waals surface area contributed by atoms with Gasteiger partial charge in [-0.2, -0.15) is 11.8 Å². The summed E-state index contributed by atoms with van der Waals surface area (Å²) in [6.45, 7) is 2.17. The van der Waals surface area contributed by atoms with Crippen molar-refractivity contribution in [3.63, 3.8) is 0 Å². The Kier molecular flexibility index (Phi) is 7.75. The Balaban J connectivity index is 2.75. The molecule has 0 saturated heterocycles. The predicted octanol–water partition coefficient (Wildman–Crippen LogP) is 2.70. The van der Waals surface area contributed by atoms with E-state index in [-0.39, 0.29) is 18.6 Å². The molecule has 1 N–H and O–H groups in total. The maximum atomic E-state index is 12.4. The summed E-state index contributed by atoms with van der Waals surface area (Å²) in [4.78, 5) is 15.8. The van der Waals surface area contributed by atoms with E-state index < -0.39 is 0 Å². The van der Waals surface area contributed by atoms with Gasteiger partial charge in [-0.1, -0.05) is 18.8 Å². The molecule has 5 heteroatoms. The largest absolute Gasteiger partial charge is 0.395 e. The summed E-state index contributed by atoms with van der Waals surface area (Å²) in [5.41, 5.74) is 0. The normalized spacial score (nSPS) is 11.6. The molecule has 0 fully saturated rings. The van der Waals surface area contributed by atoms with E-state index >= 15 is 0 Å². The van der Waals surface area contributed by atoms with E-state index in [4.69, 9.17) is 5.11 Å². The zero-order valence-corrected chi connectivity index (χ0v) is 13.8. The summed E-state index contributed by atoms with van der Waals surface area (Å²) in [6, 6.07) is 3.97. The Morgan fingerprint density at radius 1 is 1.55 bits per heavy atom. The van der Waals surface area contributed by atoms with Gasteiger partial charge in [0.05, 0.1) is 16.4 Å². The first-order chi connectivity index (χ1) is 9.63. The number of amides is 1. The lowest BCUT2D eigenvalue weighted by Crippen LogP contribution is -2.37. The van der Waals surface area contributed by atoms with Crippen molar-refractivity contribution >= 4 is 29.0 Å². The van der Waals surface area contributed by atoms with E-state index in [2.05, 4.69) is 25.0 Å². The average molecular weight is 311 g/mol. The van der Waals surface area contributed by atoms with E-state index in [9.17, 15) is 4.79 Å². The summed E-state index contributed by atoms with van der Waals surface area (Å²) in [7, 11) is 1.86. The summed E-state index contributed by atoms with van der Waals surface area (Å²) in [5.74, 6) is 6.84. The molecule has 0 spiro atoms. The van der Waals surface area contributed by atoms with Crippen LogP contribution < -0.4 is 0 Å². The molecule has 1 atom stereocenters. The Morgan fingerprint density at radius 2 is 2.30 bits per heavy atom. The van der Waals surface area contributed by atoms with Crippen LogP contribution in [-0.2, 0) is 0 Å². The van der Waals surface area contributed by atoms with Gasteiger partial charge in [-0.15, -0.1) is 11.3 Å². The summed E-state index contributed by atoms with van der Waals surface area (Å²) < 4.78 is 0. The van der Waals surface area contributed by atoms with Crippen LogP contribution in [0.1, 0.15) is 34.3 Å². The highest BCUT2D eigenvalue weighted by Crippen LogP contribution is 2.19. The summed E-state index contributed by atoms with van der Waals surface area (Å²) >= 11 is 3.17. The van der Waals surface area contributed by atoms with Crippen molar-refractivity contribution in [1.82, 2.24) is 4.90 Å². The molecule has 0 aliphatic rings. The minimum absolute atomic E-state index is 0.0612. The molecule has 1 rings (SSSR count). The number of thiophene rings is 1. The van der Waals surface area contributed by atoms with Crippen LogP contribution in [0.15, 0.2) is 12.1 Å². The molecule has 20 heavy (non-hydrogen) atoms. The molecule has 0 radical (unpaired) electrons. The van der Waals surface area contributed by atoms with Crippen LogP contribution in [-0.4, -0.2) is 47.6 Å². The standard InChI is InChI=1S/C15H21NO2S2/c1-4-12(11-19-3)16(2)15(18)14-9-8-13(20-14)7-5-6-10-17/h8-9,12,17H,4,6,10-11H2,1-3H3. The molecule has 110 valence electrons. The van der Waals surface area contributed by atoms with Crippen molar-refractivity contribution in [3.05, 3.63) is 21.9 Å². The van der Waals surface area contributed by atoms with Crippen LogP contribution in [0.5, 0.6) is 0 Å².